The van der Waals surface area contributed by atoms with Crippen LogP contribution in [0.4, 0.5) is 0 Å². The van der Waals surface area contributed by atoms with Crippen LogP contribution in [0.25, 0.3) is 0 Å². The molecule has 1 heterocycles. The highest BCUT2D eigenvalue weighted by atomic mass is 35.5. The lowest BCUT2D eigenvalue weighted by atomic mass is 10.1. The highest BCUT2D eigenvalue weighted by Crippen LogP contribution is 2.33. The van der Waals surface area contributed by atoms with E-state index in [9.17, 15) is 5.26 Å². The maximum absolute atomic E-state index is 9.45. The minimum Gasteiger partial charge on any atom is -0.284 e. The number of rotatable bonds is 2. The van der Waals surface area contributed by atoms with Gasteiger partial charge in [0.05, 0.1) is 16.1 Å². The average molecular weight is 283 g/mol. The third-order valence-electron chi connectivity index (χ3n) is 3.40. The Morgan fingerprint density at radius 2 is 1.78 bits per heavy atom. The number of nitrogens with zero attached hydrogens (tertiary/aromatic N) is 2. The Kier molecular flexibility index (Phi) is 4.88. The molecule has 1 fully saturated rings. The Hall–Kier alpha value is -0.750. The molecule has 0 radical (unpaired) electrons. The lowest BCUT2D eigenvalue weighted by molar-refractivity contribution is 0.246. The van der Waals surface area contributed by atoms with Gasteiger partial charge in [0.25, 0.3) is 0 Å². The van der Waals surface area contributed by atoms with Crippen LogP contribution in [0, 0.1) is 11.3 Å². The van der Waals surface area contributed by atoms with Crippen LogP contribution in [0.1, 0.15) is 37.3 Å². The normalized spacial score (nSPS) is 18.9. The Morgan fingerprint density at radius 1 is 1.11 bits per heavy atom. The Bertz CT molecular complexity index is 446. The van der Waals surface area contributed by atoms with Crippen LogP contribution in [0.3, 0.4) is 0 Å². The standard InChI is InChI=1S/C14H16Cl2N2/c15-12-7-5-6-11(14(12)16)13(10-17)18-8-3-1-2-4-9-18/h5-7,13H,1-4,8-9H2. The molecule has 0 bridgehead atoms. The van der Waals surface area contributed by atoms with E-state index < -0.39 is 0 Å². The Labute approximate surface area is 118 Å². The molecule has 96 valence electrons. The summed E-state index contributed by atoms with van der Waals surface area (Å²) in [5.74, 6) is 0. The van der Waals surface area contributed by atoms with Crippen LogP contribution in [0.5, 0.6) is 0 Å². The average Bonchev–Trinajstić information content (AvgIpc) is 2.64. The van der Waals surface area contributed by atoms with Gasteiger partial charge in [-0.2, -0.15) is 5.26 Å². The maximum Gasteiger partial charge on any atom is 0.125 e. The molecule has 2 nitrogen and oxygen atoms in total. The molecule has 1 atom stereocenters. The van der Waals surface area contributed by atoms with Crippen molar-refractivity contribution in [1.29, 1.82) is 5.26 Å². The van der Waals surface area contributed by atoms with Crippen molar-refractivity contribution in [1.82, 2.24) is 4.90 Å². The van der Waals surface area contributed by atoms with Crippen LogP contribution in [0.15, 0.2) is 18.2 Å². The first-order chi connectivity index (χ1) is 8.74. The van der Waals surface area contributed by atoms with Gasteiger partial charge in [-0.3, -0.25) is 4.90 Å². The summed E-state index contributed by atoms with van der Waals surface area (Å²) in [6, 6.07) is 7.59. The van der Waals surface area contributed by atoms with Crippen molar-refractivity contribution in [3.8, 4) is 6.07 Å². The van der Waals surface area contributed by atoms with Gasteiger partial charge >= 0.3 is 0 Å². The van der Waals surface area contributed by atoms with Crippen molar-refractivity contribution in [2.45, 2.75) is 31.7 Å². The molecule has 2 rings (SSSR count). The quantitative estimate of drug-likeness (QED) is 0.802. The minimum absolute atomic E-state index is 0.283. The van der Waals surface area contributed by atoms with Crippen LogP contribution in [-0.2, 0) is 0 Å². The number of hydrogen-bond donors (Lipinski definition) is 0. The molecule has 0 aliphatic carbocycles. The molecule has 0 spiro atoms. The molecular formula is C14H16Cl2N2. The molecule has 0 amide bonds. The molecule has 1 saturated heterocycles. The smallest absolute Gasteiger partial charge is 0.125 e. The van der Waals surface area contributed by atoms with E-state index in [0.717, 1.165) is 31.5 Å². The van der Waals surface area contributed by atoms with Gasteiger partial charge in [-0.05, 0) is 32.0 Å². The molecule has 0 aromatic heterocycles. The Morgan fingerprint density at radius 3 is 2.39 bits per heavy atom. The summed E-state index contributed by atoms with van der Waals surface area (Å²) in [4.78, 5) is 2.21. The molecule has 0 saturated carbocycles. The van der Waals surface area contributed by atoms with Gasteiger partial charge in [-0.1, -0.05) is 48.2 Å². The van der Waals surface area contributed by atoms with Gasteiger partial charge in [0, 0.05) is 5.56 Å². The van der Waals surface area contributed by atoms with Gasteiger partial charge in [0.2, 0.25) is 0 Å². The van der Waals surface area contributed by atoms with Crippen molar-refractivity contribution in [2.24, 2.45) is 0 Å². The second-order valence-corrected chi connectivity index (χ2v) is 5.41. The molecule has 4 heteroatoms. The predicted octanol–water partition coefficient (Wildman–Crippen LogP) is 4.43. The molecule has 1 aliphatic rings. The second-order valence-electron chi connectivity index (χ2n) is 4.62. The number of hydrogen-bond acceptors (Lipinski definition) is 2. The summed E-state index contributed by atoms with van der Waals surface area (Å²) in [6.07, 6.45) is 4.79. The second kappa shape index (κ2) is 6.43. The van der Waals surface area contributed by atoms with E-state index >= 15 is 0 Å². The fourth-order valence-electron chi connectivity index (χ4n) is 2.43. The highest BCUT2D eigenvalue weighted by molar-refractivity contribution is 6.42. The number of halogens is 2. The zero-order valence-electron chi connectivity index (χ0n) is 10.2. The molecule has 0 N–H and O–H groups in total. The van der Waals surface area contributed by atoms with E-state index in [1.54, 1.807) is 6.07 Å². The van der Waals surface area contributed by atoms with E-state index in [1.807, 2.05) is 12.1 Å². The van der Waals surface area contributed by atoms with Gasteiger partial charge < -0.3 is 0 Å². The van der Waals surface area contributed by atoms with Gasteiger partial charge in [-0.15, -0.1) is 0 Å². The van der Waals surface area contributed by atoms with Crippen molar-refractivity contribution < 1.29 is 0 Å². The summed E-state index contributed by atoms with van der Waals surface area (Å²) >= 11 is 12.2. The Balaban J connectivity index is 2.27. The van der Waals surface area contributed by atoms with Crippen molar-refractivity contribution in [3.63, 3.8) is 0 Å². The summed E-state index contributed by atoms with van der Waals surface area (Å²) in [6.45, 7) is 1.92. The number of nitriles is 1. The predicted molar refractivity (Wildman–Crippen MR) is 74.9 cm³/mol. The van der Waals surface area contributed by atoms with E-state index in [2.05, 4.69) is 11.0 Å². The fourth-order valence-corrected chi connectivity index (χ4v) is 2.84. The monoisotopic (exact) mass is 282 g/mol. The summed E-state index contributed by atoms with van der Waals surface area (Å²) < 4.78 is 0. The minimum atomic E-state index is -0.283. The van der Waals surface area contributed by atoms with E-state index in [-0.39, 0.29) is 6.04 Å². The zero-order chi connectivity index (χ0) is 13.0. The van der Waals surface area contributed by atoms with Crippen LogP contribution in [-0.4, -0.2) is 18.0 Å². The van der Waals surface area contributed by atoms with E-state index in [1.165, 1.54) is 12.8 Å². The van der Waals surface area contributed by atoms with E-state index in [4.69, 9.17) is 23.2 Å². The SMILES string of the molecule is N#CC(c1cccc(Cl)c1Cl)N1CCCCCC1. The molecule has 1 aromatic carbocycles. The summed E-state index contributed by atoms with van der Waals surface area (Å²) in [5.41, 5.74) is 0.827. The fraction of sp³-hybridized carbons (Fsp3) is 0.500. The third kappa shape index (κ3) is 2.98. The van der Waals surface area contributed by atoms with Crippen molar-refractivity contribution in [3.05, 3.63) is 33.8 Å². The molecule has 18 heavy (non-hydrogen) atoms. The van der Waals surface area contributed by atoms with Crippen LogP contribution >= 0.6 is 23.2 Å². The van der Waals surface area contributed by atoms with Crippen molar-refractivity contribution >= 4 is 23.2 Å². The summed E-state index contributed by atoms with van der Waals surface area (Å²) in [7, 11) is 0. The first-order valence-corrected chi connectivity index (χ1v) is 7.07. The van der Waals surface area contributed by atoms with Gasteiger partial charge in [0.15, 0.2) is 0 Å². The molecule has 1 unspecified atom stereocenters. The molecule has 1 aromatic rings. The first-order valence-electron chi connectivity index (χ1n) is 6.31. The zero-order valence-corrected chi connectivity index (χ0v) is 11.7. The van der Waals surface area contributed by atoms with Crippen LogP contribution < -0.4 is 0 Å². The number of benzene rings is 1. The van der Waals surface area contributed by atoms with Gasteiger partial charge in [0.1, 0.15) is 6.04 Å². The van der Waals surface area contributed by atoms with Gasteiger partial charge in [-0.25, -0.2) is 0 Å². The lowest BCUT2D eigenvalue weighted by Crippen LogP contribution is -2.29. The topological polar surface area (TPSA) is 27.0 Å². The first kappa shape index (κ1) is 13.7. The van der Waals surface area contributed by atoms with Crippen molar-refractivity contribution in [2.75, 3.05) is 13.1 Å². The molecule has 1 aliphatic heterocycles. The molecular weight excluding hydrogens is 267 g/mol. The lowest BCUT2D eigenvalue weighted by Gasteiger charge is -2.26. The number of likely N-dealkylation sites (tertiary alicyclic amines) is 1. The van der Waals surface area contributed by atoms with E-state index in [0.29, 0.717) is 10.0 Å². The highest BCUT2D eigenvalue weighted by Gasteiger charge is 2.23. The maximum atomic E-state index is 9.45. The van der Waals surface area contributed by atoms with Crippen LogP contribution in [0.2, 0.25) is 10.0 Å². The summed E-state index contributed by atoms with van der Waals surface area (Å²) in [5, 5.41) is 10.5. The largest absolute Gasteiger partial charge is 0.284 e. The third-order valence-corrected chi connectivity index (χ3v) is 4.24.